The van der Waals surface area contributed by atoms with Gasteiger partial charge >= 0.3 is 0 Å². The van der Waals surface area contributed by atoms with Gasteiger partial charge in [-0.25, -0.2) is 0 Å². The highest BCUT2D eigenvalue weighted by molar-refractivity contribution is 6.08. The Morgan fingerprint density at radius 3 is 1.53 bits per heavy atom. The summed E-state index contributed by atoms with van der Waals surface area (Å²) in [5, 5.41) is 18.6. The van der Waals surface area contributed by atoms with Crippen LogP contribution in [0.25, 0.3) is 10.8 Å². The minimum Gasteiger partial charge on any atom is -0.779 e. The Morgan fingerprint density at radius 2 is 1.24 bits per heavy atom. The van der Waals surface area contributed by atoms with Crippen molar-refractivity contribution in [2.45, 2.75) is 13.8 Å². The van der Waals surface area contributed by atoms with Crippen molar-refractivity contribution in [1.29, 1.82) is 0 Å². The Morgan fingerprint density at radius 1 is 0.824 bits per heavy atom. The third-order valence-electron chi connectivity index (χ3n) is 3.18. The highest BCUT2D eigenvalue weighted by Crippen LogP contribution is 2.38. The maximum atomic E-state index is 9.30. The van der Waals surface area contributed by atoms with Crippen LogP contribution in [0.15, 0.2) is 47.6 Å². The number of hydrogen-bond acceptors (Lipinski definition) is 0. The molecule has 0 heterocycles. The molecule has 0 aromatic carbocycles. The van der Waals surface area contributed by atoms with Crippen LogP contribution in [0.4, 0.5) is 0 Å². The van der Waals surface area contributed by atoms with Gasteiger partial charge in [0.1, 0.15) is 5.41 Å². The summed E-state index contributed by atoms with van der Waals surface area (Å²) in [5.41, 5.74) is 2.65. The van der Waals surface area contributed by atoms with Crippen molar-refractivity contribution >= 4 is 11.4 Å². The summed E-state index contributed by atoms with van der Waals surface area (Å²) in [6.45, 7) is 4.23. The first-order chi connectivity index (χ1) is 8.00. The van der Waals surface area contributed by atoms with Crippen LogP contribution in [0.2, 0.25) is 0 Å². The summed E-state index contributed by atoms with van der Waals surface area (Å²) in [7, 11) is 0. The van der Waals surface area contributed by atoms with E-state index in [-0.39, 0.29) is 16.8 Å². The van der Waals surface area contributed by atoms with E-state index in [0.29, 0.717) is 0 Å². The SMILES string of the molecule is CC(C)(C1=C[CH+]C(=[N-])C=C1)C1=C[CH+]C(=[N-])C=C1. The Bertz CT molecular complexity index is 441. The average Bonchev–Trinajstić information content (AvgIpc) is 2.30. The lowest BCUT2D eigenvalue weighted by atomic mass is 9.73. The highest BCUT2D eigenvalue weighted by Gasteiger charge is 2.35. The molecule has 0 aromatic rings. The summed E-state index contributed by atoms with van der Waals surface area (Å²) < 4.78 is 0. The van der Waals surface area contributed by atoms with Crippen LogP contribution in [-0.2, 0) is 0 Å². The Labute approximate surface area is 102 Å². The smallest absolute Gasteiger partial charge is 0.104 e. The van der Waals surface area contributed by atoms with E-state index in [0.717, 1.165) is 11.1 Å². The molecule has 0 bridgehead atoms. The van der Waals surface area contributed by atoms with Crippen molar-refractivity contribution < 1.29 is 0 Å². The molecule has 0 radical (unpaired) electrons. The van der Waals surface area contributed by atoms with E-state index in [1.165, 1.54) is 0 Å². The zero-order valence-corrected chi connectivity index (χ0v) is 10.0. The van der Waals surface area contributed by atoms with Crippen LogP contribution in [-0.4, -0.2) is 11.4 Å². The van der Waals surface area contributed by atoms with E-state index < -0.39 is 0 Å². The number of nitrogens with zero attached hydrogens (tertiary/aromatic N) is 2. The van der Waals surface area contributed by atoms with Crippen molar-refractivity contribution in [1.82, 2.24) is 0 Å². The number of allylic oxidation sites excluding steroid dienone is 8. The highest BCUT2D eigenvalue weighted by atomic mass is 14.4. The molecule has 2 rings (SSSR count). The molecule has 0 saturated heterocycles. The van der Waals surface area contributed by atoms with Gasteiger partial charge in [0.25, 0.3) is 0 Å². The standard InChI is InChI=1S/C15H14N2/c1-15(2,11-3-7-13(16)8-4-11)12-5-9-14(17)10-6-12/h3-10H,1-2H3. The lowest BCUT2D eigenvalue weighted by Gasteiger charge is -2.22. The molecular formula is C15H14N2. The van der Waals surface area contributed by atoms with Crippen molar-refractivity contribution in [3.05, 3.63) is 71.3 Å². The molecule has 2 heteroatoms. The van der Waals surface area contributed by atoms with Crippen molar-refractivity contribution in [2.75, 3.05) is 0 Å². The molecule has 84 valence electrons. The van der Waals surface area contributed by atoms with Crippen LogP contribution < -0.4 is 0 Å². The lowest BCUT2D eigenvalue weighted by molar-refractivity contribution is 0.565. The molecule has 2 aliphatic carbocycles. The largest absolute Gasteiger partial charge is 0.779 e. The minimum atomic E-state index is -0.151. The third-order valence-corrected chi connectivity index (χ3v) is 3.18. The predicted molar refractivity (Wildman–Crippen MR) is 73.6 cm³/mol. The summed E-state index contributed by atoms with van der Waals surface area (Å²) in [5.74, 6) is 0. The maximum Gasteiger partial charge on any atom is 0.104 e. The molecule has 0 unspecified atom stereocenters. The van der Waals surface area contributed by atoms with Crippen molar-refractivity contribution in [3.63, 3.8) is 0 Å². The summed E-state index contributed by atoms with van der Waals surface area (Å²) in [4.78, 5) is 0. The topological polar surface area (TPSA) is 44.6 Å². The first-order valence-electron chi connectivity index (χ1n) is 5.59. The maximum absolute atomic E-state index is 9.30. The van der Waals surface area contributed by atoms with E-state index in [1.807, 2.05) is 24.3 Å². The van der Waals surface area contributed by atoms with Crippen molar-refractivity contribution in [3.8, 4) is 0 Å². The summed E-state index contributed by atoms with van der Waals surface area (Å²) >= 11 is 0. The monoisotopic (exact) mass is 222 g/mol. The fourth-order valence-electron chi connectivity index (χ4n) is 1.92. The second-order valence-corrected chi connectivity index (χ2v) is 4.72. The van der Waals surface area contributed by atoms with Gasteiger partial charge < -0.3 is 10.8 Å². The van der Waals surface area contributed by atoms with Gasteiger partial charge in [-0.1, -0.05) is 0 Å². The molecule has 2 aliphatic rings. The molecule has 0 saturated carbocycles. The molecule has 0 aliphatic heterocycles. The Balaban J connectivity index is 2.26. The van der Waals surface area contributed by atoms with E-state index >= 15 is 0 Å². The predicted octanol–water partition coefficient (Wildman–Crippen LogP) is 3.43. The first-order valence-corrected chi connectivity index (χ1v) is 5.59. The van der Waals surface area contributed by atoms with Crippen LogP contribution in [0.3, 0.4) is 0 Å². The van der Waals surface area contributed by atoms with Gasteiger partial charge in [0.05, 0.1) is 35.5 Å². The van der Waals surface area contributed by atoms with Gasteiger partial charge in [-0.2, -0.15) is 0 Å². The first kappa shape index (κ1) is 11.5. The van der Waals surface area contributed by atoms with E-state index in [9.17, 15) is 10.8 Å². The van der Waals surface area contributed by atoms with E-state index in [1.54, 1.807) is 25.0 Å². The lowest BCUT2D eigenvalue weighted by Crippen LogP contribution is -2.19. The van der Waals surface area contributed by atoms with Gasteiger partial charge in [0, 0.05) is 25.0 Å². The number of hydrogen-bond donors (Lipinski definition) is 0. The zero-order chi connectivity index (χ0) is 12.5. The van der Waals surface area contributed by atoms with E-state index in [4.69, 9.17) is 0 Å². The second-order valence-electron chi connectivity index (χ2n) is 4.72. The molecule has 2 nitrogen and oxygen atoms in total. The quantitative estimate of drug-likeness (QED) is 0.642. The molecule has 0 atom stereocenters. The van der Waals surface area contributed by atoms with Crippen molar-refractivity contribution in [2.24, 2.45) is 5.41 Å². The second kappa shape index (κ2) is 4.13. The Kier molecular flexibility index (Phi) is 2.80. The molecule has 17 heavy (non-hydrogen) atoms. The molecule has 0 N–H and O–H groups in total. The van der Waals surface area contributed by atoms with Crippen LogP contribution >= 0.6 is 0 Å². The number of rotatable bonds is 2. The summed E-state index contributed by atoms with van der Waals surface area (Å²) in [6.07, 6.45) is 14.4. The minimum absolute atomic E-state index is 0.151. The van der Waals surface area contributed by atoms with Crippen LogP contribution in [0, 0.1) is 18.3 Å². The van der Waals surface area contributed by atoms with Gasteiger partial charge in [0.2, 0.25) is 0 Å². The summed E-state index contributed by atoms with van der Waals surface area (Å²) in [6, 6.07) is 0. The zero-order valence-electron chi connectivity index (χ0n) is 10.0. The molecule has 0 aromatic heterocycles. The fourth-order valence-corrected chi connectivity index (χ4v) is 1.92. The molecular weight excluding hydrogens is 208 g/mol. The van der Waals surface area contributed by atoms with Crippen LogP contribution in [0.1, 0.15) is 13.8 Å². The molecule has 0 amide bonds. The molecule has 0 spiro atoms. The van der Waals surface area contributed by atoms with Gasteiger partial charge in [-0.3, -0.25) is 0 Å². The fraction of sp³-hybridized carbons (Fsp3) is 0.200. The van der Waals surface area contributed by atoms with Crippen LogP contribution in [0.5, 0.6) is 0 Å². The average molecular weight is 222 g/mol. The van der Waals surface area contributed by atoms with Gasteiger partial charge in [0.15, 0.2) is 0 Å². The third kappa shape index (κ3) is 2.26. The Hall–Kier alpha value is -1.96. The van der Waals surface area contributed by atoms with E-state index in [2.05, 4.69) is 13.8 Å². The van der Waals surface area contributed by atoms with Gasteiger partial charge in [-0.15, -0.1) is 0 Å². The van der Waals surface area contributed by atoms with Gasteiger partial charge in [-0.05, 0) is 25.3 Å². The normalized spacial score (nSPS) is 19.4. The molecule has 0 fully saturated rings.